The molecule has 8 heteroatoms. The van der Waals surface area contributed by atoms with Gasteiger partial charge in [-0.1, -0.05) is 27.7 Å². The molecule has 0 aromatic carbocycles. The molecule has 0 aliphatic heterocycles. The Kier molecular flexibility index (Phi) is 6.14. The number of carbonyl (C=O) groups excluding carboxylic acids is 1. The molecular weight excluding hydrogens is 300 g/mol. The molecule has 0 saturated carbocycles. The molecular formula is C15H26N4O4. The number of hydrogen-bond donors (Lipinski definition) is 2. The molecule has 23 heavy (non-hydrogen) atoms. The number of hydrogen-bond acceptors (Lipinski definition) is 5. The van der Waals surface area contributed by atoms with Crippen LogP contribution in [-0.4, -0.2) is 35.7 Å². The van der Waals surface area contributed by atoms with E-state index in [1.807, 2.05) is 6.92 Å². The number of nitrogens with two attached hydrogens (primary N) is 1. The van der Waals surface area contributed by atoms with Gasteiger partial charge in [0.15, 0.2) is 5.69 Å². The molecule has 0 unspecified atom stereocenters. The average molecular weight is 326 g/mol. The van der Waals surface area contributed by atoms with E-state index in [2.05, 4.69) is 4.98 Å². The van der Waals surface area contributed by atoms with Crippen molar-refractivity contribution in [2.75, 3.05) is 30.9 Å². The van der Waals surface area contributed by atoms with E-state index in [0.29, 0.717) is 13.0 Å². The van der Waals surface area contributed by atoms with Crippen molar-refractivity contribution in [2.24, 2.45) is 5.41 Å². The molecule has 0 aliphatic carbocycles. The van der Waals surface area contributed by atoms with E-state index in [4.69, 9.17) is 10.5 Å². The van der Waals surface area contributed by atoms with Gasteiger partial charge in [0, 0.05) is 25.6 Å². The highest BCUT2D eigenvalue weighted by Crippen LogP contribution is 2.24. The van der Waals surface area contributed by atoms with Crippen LogP contribution in [0.4, 0.5) is 11.5 Å². The van der Waals surface area contributed by atoms with Crippen LogP contribution in [0.5, 0.6) is 0 Å². The molecule has 0 fully saturated rings. The first-order valence-corrected chi connectivity index (χ1v) is 7.58. The number of rotatable bonds is 6. The Balaban J connectivity index is 3.53. The lowest BCUT2D eigenvalue weighted by atomic mass is 9.94. The van der Waals surface area contributed by atoms with Crippen LogP contribution in [-0.2, 0) is 16.1 Å². The molecule has 1 aromatic rings. The minimum absolute atomic E-state index is 0.00461. The van der Waals surface area contributed by atoms with Crippen LogP contribution in [0, 0.1) is 5.41 Å². The molecule has 0 spiro atoms. The predicted octanol–water partition coefficient (Wildman–Crippen LogP) is 0.554. The Bertz CT molecular complexity index is 670. The molecule has 0 saturated heterocycles. The fourth-order valence-electron chi connectivity index (χ4n) is 2.19. The van der Waals surface area contributed by atoms with Crippen molar-refractivity contribution in [3.05, 3.63) is 20.8 Å². The number of carbonyl (C=O) groups is 1. The van der Waals surface area contributed by atoms with Gasteiger partial charge in [0.1, 0.15) is 5.82 Å². The minimum atomic E-state index is -0.710. The Morgan fingerprint density at radius 2 is 1.96 bits per heavy atom. The maximum atomic E-state index is 12.7. The molecule has 1 aromatic heterocycles. The maximum Gasteiger partial charge on any atom is 0.330 e. The number of aromatic amines is 1. The first-order valence-electron chi connectivity index (χ1n) is 7.58. The molecule has 8 nitrogen and oxygen atoms in total. The van der Waals surface area contributed by atoms with Gasteiger partial charge in [-0.2, -0.15) is 0 Å². The molecule has 0 radical (unpaired) electrons. The van der Waals surface area contributed by atoms with Crippen molar-refractivity contribution in [3.8, 4) is 0 Å². The number of ether oxygens (including phenoxy) is 1. The van der Waals surface area contributed by atoms with Crippen molar-refractivity contribution in [1.82, 2.24) is 9.55 Å². The highest BCUT2D eigenvalue weighted by Gasteiger charge is 2.31. The summed E-state index contributed by atoms with van der Waals surface area (Å²) in [5, 5.41) is 0. The van der Waals surface area contributed by atoms with Crippen molar-refractivity contribution >= 4 is 17.4 Å². The summed E-state index contributed by atoms with van der Waals surface area (Å²) in [5.74, 6) is -0.275. The molecule has 1 amide bonds. The standard InChI is InChI=1S/C15H26N4O4/c1-6-7-19-11(16)10(12(20)17-14(19)22)18(8-9-23-5)13(21)15(2,3)4/h6-9,16H2,1-5H3,(H,17,20,22). The van der Waals surface area contributed by atoms with E-state index < -0.39 is 16.7 Å². The number of H-pyrrole nitrogens is 1. The predicted molar refractivity (Wildman–Crippen MR) is 89.7 cm³/mol. The van der Waals surface area contributed by atoms with Crippen LogP contribution >= 0.6 is 0 Å². The van der Waals surface area contributed by atoms with Crippen LogP contribution in [0.1, 0.15) is 34.1 Å². The van der Waals surface area contributed by atoms with Crippen LogP contribution in [0.2, 0.25) is 0 Å². The highest BCUT2D eigenvalue weighted by atomic mass is 16.5. The van der Waals surface area contributed by atoms with Crippen LogP contribution < -0.4 is 21.9 Å². The van der Waals surface area contributed by atoms with E-state index in [-0.39, 0.29) is 30.6 Å². The molecule has 0 atom stereocenters. The molecule has 3 N–H and O–H groups in total. The summed E-state index contributed by atoms with van der Waals surface area (Å²) in [6.07, 6.45) is 0.668. The second-order valence-corrected chi connectivity index (χ2v) is 6.34. The smallest absolute Gasteiger partial charge is 0.330 e. The van der Waals surface area contributed by atoms with E-state index in [9.17, 15) is 14.4 Å². The number of amides is 1. The van der Waals surface area contributed by atoms with Crippen molar-refractivity contribution < 1.29 is 9.53 Å². The van der Waals surface area contributed by atoms with Crippen molar-refractivity contribution in [2.45, 2.75) is 40.7 Å². The lowest BCUT2D eigenvalue weighted by Crippen LogP contribution is -2.46. The quantitative estimate of drug-likeness (QED) is 0.793. The largest absolute Gasteiger partial charge is 0.383 e. The fraction of sp³-hybridized carbons (Fsp3) is 0.667. The Labute approximate surface area is 135 Å². The number of nitrogens with zero attached hydrogens (tertiary/aromatic N) is 2. The molecule has 0 bridgehead atoms. The average Bonchev–Trinajstić information content (AvgIpc) is 2.45. The van der Waals surface area contributed by atoms with Gasteiger partial charge in [-0.15, -0.1) is 0 Å². The van der Waals surface area contributed by atoms with Gasteiger partial charge in [0.2, 0.25) is 5.91 Å². The zero-order valence-electron chi connectivity index (χ0n) is 14.4. The third-order valence-electron chi connectivity index (χ3n) is 3.34. The minimum Gasteiger partial charge on any atom is -0.383 e. The monoisotopic (exact) mass is 326 g/mol. The van der Waals surface area contributed by atoms with Gasteiger partial charge in [0.25, 0.3) is 5.56 Å². The van der Waals surface area contributed by atoms with Crippen LogP contribution in [0.3, 0.4) is 0 Å². The van der Waals surface area contributed by atoms with E-state index in [1.165, 1.54) is 16.6 Å². The van der Waals surface area contributed by atoms with E-state index >= 15 is 0 Å². The van der Waals surface area contributed by atoms with E-state index in [0.717, 1.165) is 0 Å². The topological polar surface area (TPSA) is 110 Å². The van der Waals surface area contributed by atoms with Gasteiger partial charge in [-0.3, -0.25) is 19.1 Å². The summed E-state index contributed by atoms with van der Waals surface area (Å²) in [4.78, 5) is 40.4. The molecule has 130 valence electrons. The number of nitrogens with one attached hydrogen (secondary N) is 1. The van der Waals surface area contributed by atoms with E-state index in [1.54, 1.807) is 20.8 Å². The second kappa shape index (κ2) is 7.45. The molecule has 1 rings (SSSR count). The lowest BCUT2D eigenvalue weighted by molar-refractivity contribution is -0.125. The Morgan fingerprint density at radius 1 is 1.35 bits per heavy atom. The summed E-state index contributed by atoms with van der Waals surface area (Å²) < 4.78 is 6.29. The Morgan fingerprint density at radius 3 is 2.43 bits per heavy atom. The summed E-state index contributed by atoms with van der Waals surface area (Å²) >= 11 is 0. The zero-order chi connectivity index (χ0) is 17.8. The SMILES string of the molecule is CCCn1c(N)c(N(CCOC)C(=O)C(C)(C)C)c(=O)[nH]c1=O. The summed E-state index contributed by atoms with van der Waals surface area (Å²) in [6.45, 7) is 7.92. The second-order valence-electron chi connectivity index (χ2n) is 6.34. The van der Waals surface area contributed by atoms with Gasteiger partial charge < -0.3 is 15.4 Å². The third-order valence-corrected chi connectivity index (χ3v) is 3.34. The van der Waals surface area contributed by atoms with Crippen molar-refractivity contribution in [3.63, 3.8) is 0 Å². The van der Waals surface area contributed by atoms with Crippen LogP contribution in [0.25, 0.3) is 0 Å². The van der Waals surface area contributed by atoms with Gasteiger partial charge in [-0.05, 0) is 6.42 Å². The van der Waals surface area contributed by atoms with Gasteiger partial charge in [-0.25, -0.2) is 4.79 Å². The first-order chi connectivity index (χ1) is 10.6. The third kappa shape index (κ3) is 4.22. The number of methoxy groups -OCH3 is 1. The summed E-state index contributed by atoms with van der Waals surface area (Å²) in [6, 6.07) is 0. The lowest BCUT2D eigenvalue weighted by Gasteiger charge is -2.30. The summed E-state index contributed by atoms with van der Waals surface area (Å²) in [7, 11) is 1.51. The number of anilines is 2. The van der Waals surface area contributed by atoms with Crippen LogP contribution in [0.15, 0.2) is 9.59 Å². The fourth-order valence-corrected chi connectivity index (χ4v) is 2.19. The number of aromatic nitrogens is 2. The zero-order valence-corrected chi connectivity index (χ0v) is 14.4. The normalized spacial score (nSPS) is 11.5. The maximum absolute atomic E-state index is 12.7. The van der Waals surface area contributed by atoms with Gasteiger partial charge >= 0.3 is 5.69 Å². The summed E-state index contributed by atoms with van der Waals surface area (Å²) in [5.41, 5.74) is 4.07. The Hall–Kier alpha value is -2.09. The van der Waals surface area contributed by atoms with Crippen molar-refractivity contribution in [1.29, 1.82) is 0 Å². The molecule has 1 heterocycles. The van der Waals surface area contributed by atoms with Gasteiger partial charge in [0.05, 0.1) is 6.61 Å². The highest BCUT2D eigenvalue weighted by molar-refractivity contribution is 5.98. The molecule has 0 aliphatic rings. The number of nitrogen functional groups attached to an aromatic ring is 1. The first kappa shape index (κ1) is 19.0.